The summed E-state index contributed by atoms with van der Waals surface area (Å²) in [7, 11) is 0. The first kappa shape index (κ1) is 28.5. The zero-order valence-electron chi connectivity index (χ0n) is 23.9. The molecule has 1 saturated carbocycles. The summed E-state index contributed by atoms with van der Waals surface area (Å²) < 4.78 is 4.79. The Morgan fingerprint density at radius 1 is 1.18 bits per heavy atom. The minimum atomic E-state index is -0.145. The molecule has 1 aromatic heterocycles. The van der Waals surface area contributed by atoms with Crippen LogP contribution in [-0.4, -0.2) is 29.1 Å². The van der Waals surface area contributed by atoms with Gasteiger partial charge < -0.3 is 5.32 Å². The third-order valence-electron chi connectivity index (χ3n) is 8.64. The summed E-state index contributed by atoms with van der Waals surface area (Å²) >= 11 is 1.65. The smallest absolute Gasteiger partial charge is 0.149 e. The SMILES string of the molecule is C=Cc1cccc(C2=CCC(C)=C(CNC(C)C(=O)CC3CCC(c4ccnc5c4=NSCCC=5)CC3)C=C2)c1. The van der Waals surface area contributed by atoms with Gasteiger partial charge >= 0.3 is 0 Å². The first-order valence-electron chi connectivity index (χ1n) is 14.7. The quantitative estimate of drug-likeness (QED) is 0.351. The predicted molar refractivity (Wildman–Crippen MR) is 169 cm³/mol. The number of carbonyl (C=O) groups excluding carboxylic acids is 1. The maximum atomic E-state index is 13.2. The van der Waals surface area contributed by atoms with Crippen molar-refractivity contribution in [1.82, 2.24) is 10.3 Å². The van der Waals surface area contributed by atoms with E-state index in [1.165, 1.54) is 27.8 Å². The van der Waals surface area contributed by atoms with Gasteiger partial charge in [-0.2, -0.15) is 0 Å². The van der Waals surface area contributed by atoms with Crippen LogP contribution in [0, 0.1) is 5.92 Å². The standard InChI is InChI=1S/C35H41N3OS/c1-4-26-7-5-8-30(21-26)28-13-10-24(2)31(17-16-28)23-37-25(3)34(39)22-27-11-14-29(15-12-27)32-18-19-36-33-9-6-20-40-38-35(32)33/h4-5,7-9,13,16-19,21,25,27,29,37H,1,6,10-12,14-15,20,22-23H2,2-3H3. The Morgan fingerprint density at radius 3 is 2.85 bits per heavy atom. The largest absolute Gasteiger partial charge is 0.304 e. The number of nitrogens with one attached hydrogen (secondary N) is 1. The summed E-state index contributed by atoms with van der Waals surface area (Å²) in [5.41, 5.74) is 7.52. The van der Waals surface area contributed by atoms with Gasteiger partial charge in [0.15, 0.2) is 0 Å². The number of benzene rings is 1. The molecule has 1 atom stereocenters. The Hall–Kier alpha value is -3.02. The van der Waals surface area contributed by atoms with Crippen LogP contribution in [0.5, 0.6) is 0 Å². The highest BCUT2D eigenvalue weighted by molar-refractivity contribution is 7.97. The molecular weight excluding hydrogens is 510 g/mol. The number of fused-ring (bicyclic) bond motifs is 1. The van der Waals surface area contributed by atoms with E-state index >= 15 is 0 Å². The summed E-state index contributed by atoms with van der Waals surface area (Å²) in [5, 5.41) is 5.66. The molecule has 5 heteroatoms. The highest BCUT2D eigenvalue weighted by Crippen LogP contribution is 2.36. The first-order valence-corrected chi connectivity index (χ1v) is 15.7. The zero-order chi connectivity index (χ0) is 27.9. The van der Waals surface area contributed by atoms with Gasteiger partial charge in [0.2, 0.25) is 0 Å². The average Bonchev–Trinajstić information content (AvgIpc) is 3.34. The maximum absolute atomic E-state index is 13.2. The van der Waals surface area contributed by atoms with Gasteiger partial charge in [-0.15, -0.1) is 0 Å². The first-order chi connectivity index (χ1) is 19.5. The molecular formula is C35H41N3OS. The van der Waals surface area contributed by atoms with Crippen LogP contribution >= 0.6 is 11.9 Å². The minimum Gasteiger partial charge on any atom is -0.304 e. The number of pyridine rings is 1. The number of ketones is 1. The molecule has 0 spiro atoms. The Kier molecular flexibility index (Phi) is 9.66. The second-order valence-electron chi connectivity index (χ2n) is 11.4. The van der Waals surface area contributed by atoms with Crippen molar-refractivity contribution in [3.05, 3.63) is 99.9 Å². The van der Waals surface area contributed by atoms with Gasteiger partial charge in [0, 0.05) is 24.9 Å². The zero-order valence-corrected chi connectivity index (χ0v) is 24.7. The molecule has 1 aromatic carbocycles. The van der Waals surface area contributed by atoms with Crippen LogP contribution in [0.3, 0.4) is 0 Å². The van der Waals surface area contributed by atoms with Gasteiger partial charge in [-0.3, -0.25) is 9.78 Å². The molecule has 5 rings (SSSR count). The average molecular weight is 552 g/mol. The third kappa shape index (κ3) is 7.00. The van der Waals surface area contributed by atoms with Crippen molar-refractivity contribution < 1.29 is 4.79 Å². The van der Waals surface area contributed by atoms with Crippen molar-refractivity contribution in [2.75, 3.05) is 12.3 Å². The molecule has 1 N–H and O–H groups in total. The predicted octanol–water partition coefficient (Wildman–Crippen LogP) is 6.75. The van der Waals surface area contributed by atoms with E-state index < -0.39 is 0 Å². The monoisotopic (exact) mass is 551 g/mol. The van der Waals surface area contributed by atoms with Crippen molar-refractivity contribution in [2.45, 2.75) is 70.8 Å². The number of aromatic nitrogens is 1. The van der Waals surface area contributed by atoms with Crippen LogP contribution in [0.4, 0.5) is 0 Å². The molecule has 4 nitrogen and oxygen atoms in total. The molecule has 2 heterocycles. The van der Waals surface area contributed by atoms with Gasteiger partial charge in [-0.05, 0) is 116 Å². The van der Waals surface area contributed by atoms with Crippen LogP contribution in [0.25, 0.3) is 17.7 Å². The van der Waals surface area contributed by atoms with Crippen LogP contribution in [0.1, 0.15) is 81.4 Å². The molecule has 2 aromatic rings. The van der Waals surface area contributed by atoms with Crippen LogP contribution < -0.4 is 16.0 Å². The van der Waals surface area contributed by atoms with Crippen molar-refractivity contribution in [1.29, 1.82) is 0 Å². The molecule has 1 unspecified atom stereocenters. The highest BCUT2D eigenvalue weighted by atomic mass is 32.2. The van der Waals surface area contributed by atoms with E-state index in [0.717, 1.165) is 60.5 Å². The molecule has 0 radical (unpaired) electrons. The molecule has 0 bridgehead atoms. The fourth-order valence-electron chi connectivity index (χ4n) is 6.00. The molecule has 40 heavy (non-hydrogen) atoms. The topological polar surface area (TPSA) is 54.4 Å². The molecule has 1 fully saturated rings. The van der Waals surface area contributed by atoms with E-state index in [9.17, 15) is 4.79 Å². The van der Waals surface area contributed by atoms with E-state index in [-0.39, 0.29) is 6.04 Å². The van der Waals surface area contributed by atoms with E-state index in [0.29, 0.717) is 30.6 Å². The number of hydrogen-bond donors (Lipinski definition) is 1. The maximum Gasteiger partial charge on any atom is 0.149 e. The van der Waals surface area contributed by atoms with Gasteiger partial charge in [0.25, 0.3) is 0 Å². The van der Waals surface area contributed by atoms with Crippen molar-refractivity contribution in [3.8, 4) is 0 Å². The van der Waals surface area contributed by atoms with Gasteiger partial charge in [0.05, 0.1) is 11.4 Å². The summed E-state index contributed by atoms with van der Waals surface area (Å²) in [6.45, 7) is 8.82. The lowest BCUT2D eigenvalue weighted by Gasteiger charge is -2.29. The second-order valence-corrected chi connectivity index (χ2v) is 12.2. The van der Waals surface area contributed by atoms with Gasteiger partial charge in [0.1, 0.15) is 11.1 Å². The Morgan fingerprint density at radius 2 is 2.02 bits per heavy atom. The lowest BCUT2D eigenvalue weighted by molar-refractivity contribution is -0.121. The van der Waals surface area contributed by atoms with E-state index in [4.69, 9.17) is 4.40 Å². The number of nitrogens with zero attached hydrogens (tertiary/aromatic N) is 2. The summed E-state index contributed by atoms with van der Waals surface area (Å²) in [6, 6.07) is 10.5. The van der Waals surface area contributed by atoms with Crippen LogP contribution in [0.2, 0.25) is 0 Å². The minimum absolute atomic E-state index is 0.145. The number of Topliss-reactive ketones (excluding diaryl/α,β-unsaturated/α-hetero) is 1. The van der Waals surface area contributed by atoms with E-state index in [1.807, 2.05) is 19.2 Å². The molecule has 0 amide bonds. The fraction of sp³-hybridized carbons (Fsp3) is 0.400. The van der Waals surface area contributed by atoms with E-state index in [1.54, 1.807) is 11.9 Å². The highest BCUT2D eigenvalue weighted by Gasteiger charge is 2.27. The molecule has 2 aliphatic carbocycles. The third-order valence-corrected chi connectivity index (χ3v) is 9.37. The number of hydrogen-bond acceptors (Lipinski definition) is 5. The number of allylic oxidation sites excluding steroid dienone is 4. The Bertz CT molecular complexity index is 1460. The normalized spacial score (nSPS) is 21.7. The Balaban J connectivity index is 1.12. The summed E-state index contributed by atoms with van der Waals surface area (Å²) in [5.74, 6) is 2.34. The fourth-order valence-corrected chi connectivity index (χ4v) is 6.64. The number of carbonyl (C=O) groups is 1. The van der Waals surface area contributed by atoms with Crippen molar-refractivity contribution >= 4 is 35.5 Å². The molecule has 1 aliphatic heterocycles. The molecule has 0 saturated heterocycles. The summed E-state index contributed by atoms with van der Waals surface area (Å²) in [6.07, 6.45) is 19.8. The second kappa shape index (κ2) is 13.6. The van der Waals surface area contributed by atoms with Crippen molar-refractivity contribution in [3.63, 3.8) is 0 Å². The lowest BCUT2D eigenvalue weighted by atomic mass is 9.76. The molecule has 208 valence electrons. The van der Waals surface area contributed by atoms with Crippen LogP contribution in [-0.2, 0) is 4.79 Å². The Labute approximate surface area is 243 Å². The van der Waals surface area contributed by atoms with Gasteiger partial charge in [-0.25, -0.2) is 4.40 Å². The summed E-state index contributed by atoms with van der Waals surface area (Å²) in [4.78, 5) is 17.7. The molecule has 3 aliphatic rings. The van der Waals surface area contributed by atoms with Gasteiger partial charge in [-0.1, -0.05) is 60.7 Å². The van der Waals surface area contributed by atoms with E-state index in [2.05, 4.69) is 78.4 Å². The number of rotatable bonds is 9. The lowest BCUT2D eigenvalue weighted by Crippen LogP contribution is -2.37. The van der Waals surface area contributed by atoms with Crippen LogP contribution in [0.15, 0.2) is 76.9 Å². The van der Waals surface area contributed by atoms with Crippen molar-refractivity contribution in [2.24, 2.45) is 10.3 Å².